The number of nitrogens with two attached hydrogens (primary N) is 1. The van der Waals surface area contributed by atoms with Gasteiger partial charge in [0.25, 0.3) is 0 Å². The van der Waals surface area contributed by atoms with Gasteiger partial charge in [-0.2, -0.15) is 0 Å². The van der Waals surface area contributed by atoms with Gasteiger partial charge >= 0.3 is 0 Å². The number of rotatable bonds is 0. The third kappa shape index (κ3) is 1.05. The van der Waals surface area contributed by atoms with Gasteiger partial charge < -0.3 is 11.1 Å². The van der Waals surface area contributed by atoms with Gasteiger partial charge in [0.1, 0.15) is 0 Å². The molecule has 56 valence electrons. The van der Waals surface area contributed by atoms with Crippen molar-refractivity contribution < 1.29 is 0 Å². The van der Waals surface area contributed by atoms with E-state index in [-0.39, 0.29) is 0 Å². The van der Waals surface area contributed by atoms with Gasteiger partial charge in [0, 0.05) is 24.5 Å². The minimum atomic E-state index is 0.713. The molecule has 0 radical (unpaired) electrons. The first-order valence-electron chi connectivity index (χ1n) is 3.50. The van der Waals surface area contributed by atoms with E-state index in [0.717, 1.165) is 12.1 Å². The topological polar surface area (TPSA) is 50.9 Å². The van der Waals surface area contributed by atoms with Crippen molar-refractivity contribution in [3.63, 3.8) is 0 Å². The number of hydrogen-bond acceptors (Lipinski definition) is 3. The van der Waals surface area contributed by atoms with E-state index in [2.05, 4.69) is 10.3 Å². The monoisotopic (exact) mass is 147 g/mol. The van der Waals surface area contributed by atoms with Crippen LogP contribution >= 0.6 is 0 Å². The number of nitrogens with one attached hydrogen (secondary N) is 1. The van der Waals surface area contributed by atoms with Crippen LogP contribution < -0.4 is 11.1 Å². The van der Waals surface area contributed by atoms with E-state index in [1.54, 1.807) is 6.20 Å². The first-order chi connectivity index (χ1) is 5.36. The quantitative estimate of drug-likeness (QED) is 0.560. The maximum absolute atomic E-state index is 5.57. The Labute approximate surface area is 64.9 Å². The summed E-state index contributed by atoms with van der Waals surface area (Å²) in [5.74, 6) is 0.713. The summed E-state index contributed by atoms with van der Waals surface area (Å²) < 4.78 is 0. The van der Waals surface area contributed by atoms with Gasteiger partial charge in [-0.25, -0.2) is 0 Å². The van der Waals surface area contributed by atoms with Crippen molar-refractivity contribution in [2.24, 2.45) is 5.73 Å². The molecule has 1 aromatic heterocycles. The Balaban J connectivity index is 2.51. The fraction of sp³-hybridized carbons (Fsp3) is 0.125. The average Bonchev–Trinajstić information content (AvgIpc) is 2.04. The highest BCUT2D eigenvalue weighted by molar-refractivity contribution is 5.56. The molecule has 1 aliphatic rings. The largest absolute Gasteiger partial charge is 0.386 e. The Bertz CT molecular complexity index is 304. The predicted molar refractivity (Wildman–Crippen MR) is 43.2 cm³/mol. The molecular weight excluding hydrogens is 138 g/mol. The highest BCUT2D eigenvalue weighted by Gasteiger charge is 2.05. The predicted octanol–water partition coefficient (Wildman–Crippen LogP) is 0.442. The Morgan fingerprint density at radius 3 is 3.36 bits per heavy atom. The molecule has 3 N–H and O–H groups in total. The molecule has 0 unspecified atom stereocenters. The van der Waals surface area contributed by atoms with Gasteiger partial charge in [0.15, 0.2) is 0 Å². The summed E-state index contributed by atoms with van der Waals surface area (Å²) in [5, 5.41) is 3.05. The van der Waals surface area contributed by atoms with Crippen molar-refractivity contribution >= 4 is 6.08 Å². The Hall–Kier alpha value is -1.51. The molecule has 0 aliphatic carbocycles. The highest BCUT2D eigenvalue weighted by atomic mass is 15.0. The van der Waals surface area contributed by atoms with Crippen molar-refractivity contribution in [2.45, 2.75) is 6.54 Å². The molecular formula is C8H9N3. The van der Waals surface area contributed by atoms with Crippen molar-refractivity contribution in [3.05, 3.63) is 35.4 Å². The van der Waals surface area contributed by atoms with E-state index >= 15 is 0 Å². The molecule has 0 saturated heterocycles. The van der Waals surface area contributed by atoms with Gasteiger partial charge in [0.2, 0.25) is 0 Å². The fourth-order valence-electron chi connectivity index (χ4n) is 1.14. The molecule has 2 heterocycles. The number of fused-ring (bicyclic) bond motifs is 1. The molecule has 0 saturated carbocycles. The zero-order chi connectivity index (χ0) is 7.68. The first-order valence-corrected chi connectivity index (χ1v) is 3.50. The fourth-order valence-corrected chi connectivity index (χ4v) is 1.14. The SMILES string of the molecule is NC1=Cc2cnccc2CN1. The summed E-state index contributed by atoms with van der Waals surface area (Å²) in [5.41, 5.74) is 7.93. The lowest BCUT2D eigenvalue weighted by Crippen LogP contribution is -2.23. The molecule has 11 heavy (non-hydrogen) atoms. The molecule has 1 aliphatic heterocycles. The summed E-state index contributed by atoms with van der Waals surface area (Å²) in [6.45, 7) is 0.806. The Morgan fingerprint density at radius 1 is 1.55 bits per heavy atom. The molecule has 0 fully saturated rings. The number of pyridine rings is 1. The van der Waals surface area contributed by atoms with Crippen LogP contribution in [0, 0.1) is 0 Å². The zero-order valence-corrected chi connectivity index (χ0v) is 6.04. The molecule has 3 heteroatoms. The third-order valence-electron chi connectivity index (χ3n) is 1.74. The van der Waals surface area contributed by atoms with Crippen LogP contribution in [0.3, 0.4) is 0 Å². The summed E-state index contributed by atoms with van der Waals surface area (Å²) in [6.07, 6.45) is 5.50. The van der Waals surface area contributed by atoms with Gasteiger partial charge in [-0.05, 0) is 17.7 Å². The number of hydrogen-bond donors (Lipinski definition) is 2. The van der Waals surface area contributed by atoms with Crippen LogP contribution in [0.1, 0.15) is 11.1 Å². The van der Waals surface area contributed by atoms with Gasteiger partial charge in [-0.1, -0.05) is 0 Å². The maximum atomic E-state index is 5.57. The molecule has 3 nitrogen and oxygen atoms in total. The van der Waals surface area contributed by atoms with Gasteiger partial charge in [-0.3, -0.25) is 4.98 Å². The average molecular weight is 147 g/mol. The van der Waals surface area contributed by atoms with Gasteiger partial charge in [0.05, 0.1) is 5.82 Å². The lowest BCUT2D eigenvalue weighted by molar-refractivity contribution is 0.788. The van der Waals surface area contributed by atoms with Crippen LogP contribution in [-0.2, 0) is 6.54 Å². The molecule has 2 rings (SSSR count). The lowest BCUT2D eigenvalue weighted by Gasteiger charge is -2.14. The molecule has 1 aromatic rings. The highest BCUT2D eigenvalue weighted by Crippen LogP contribution is 2.13. The van der Waals surface area contributed by atoms with E-state index in [0.29, 0.717) is 5.82 Å². The number of nitrogens with zero attached hydrogens (tertiary/aromatic N) is 1. The van der Waals surface area contributed by atoms with Crippen LogP contribution in [0.25, 0.3) is 6.08 Å². The maximum Gasteiger partial charge on any atom is 0.0969 e. The number of aromatic nitrogens is 1. The molecule has 0 amide bonds. The van der Waals surface area contributed by atoms with Crippen molar-refractivity contribution in [1.82, 2.24) is 10.3 Å². The van der Waals surface area contributed by atoms with Gasteiger partial charge in [-0.15, -0.1) is 0 Å². The lowest BCUT2D eigenvalue weighted by atomic mass is 10.1. The minimum absolute atomic E-state index is 0.713. The third-order valence-corrected chi connectivity index (χ3v) is 1.74. The van der Waals surface area contributed by atoms with Crippen molar-refractivity contribution in [2.75, 3.05) is 0 Å². The van der Waals surface area contributed by atoms with E-state index in [4.69, 9.17) is 5.73 Å². The van der Waals surface area contributed by atoms with Crippen LogP contribution in [0.15, 0.2) is 24.3 Å². The second-order valence-electron chi connectivity index (χ2n) is 2.53. The van der Waals surface area contributed by atoms with Crippen LogP contribution in [0.2, 0.25) is 0 Å². The van der Waals surface area contributed by atoms with Crippen molar-refractivity contribution in [3.8, 4) is 0 Å². The molecule has 0 aromatic carbocycles. The normalized spacial score (nSPS) is 14.7. The summed E-state index contributed by atoms with van der Waals surface area (Å²) in [4.78, 5) is 4.00. The van der Waals surface area contributed by atoms with E-state index in [1.807, 2.05) is 18.3 Å². The second kappa shape index (κ2) is 2.27. The van der Waals surface area contributed by atoms with E-state index < -0.39 is 0 Å². The Kier molecular flexibility index (Phi) is 1.28. The standard InChI is InChI=1S/C8H9N3/c9-8-3-7-4-10-2-1-6(7)5-11-8/h1-4,11H,5,9H2. The summed E-state index contributed by atoms with van der Waals surface area (Å²) in [6, 6.07) is 1.99. The minimum Gasteiger partial charge on any atom is -0.386 e. The summed E-state index contributed by atoms with van der Waals surface area (Å²) >= 11 is 0. The molecule has 0 atom stereocenters. The van der Waals surface area contributed by atoms with Crippen LogP contribution in [0.5, 0.6) is 0 Å². The van der Waals surface area contributed by atoms with Crippen LogP contribution in [0.4, 0.5) is 0 Å². The molecule has 0 spiro atoms. The van der Waals surface area contributed by atoms with E-state index in [1.165, 1.54) is 5.56 Å². The van der Waals surface area contributed by atoms with Crippen molar-refractivity contribution in [1.29, 1.82) is 0 Å². The Morgan fingerprint density at radius 2 is 2.45 bits per heavy atom. The first kappa shape index (κ1) is 6.22. The molecule has 0 bridgehead atoms. The summed E-state index contributed by atoms with van der Waals surface area (Å²) in [7, 11) is 0. The zero-order valence-electron chi connectivity index (χ0n) is 6.04. The van der Waals surface area contributed by atoms with E-state index in [9.17, 15) is 0 Å². The second-order valence-corrected chi connectivity index (χ2v) is 2.53. The smallest absolute Gasteiger partial charge is 0.0969 e. The van der Waals surface area contributed by atoms with Crippen LogP contribution in [-0.4, -0.2) is 4.98 Å².